The van der Waals surface area contributed by atoms with Crippen LogP contribution in [0, 0.1) is 30.4 Å². The molecule has 4 atom stereocenters. The molecule has 3 aromatic rings. The number of halogens is 2. The molecule has 0 radical (unpaired) electrons. The lowest BCUT2D eigenvalue weighted by Crippen LogP contribution is -2.48. The number of ether oxygens (including phenoxy) is 1. The molecule has 2 fully saturated rings. The number of hydrogen-bond donors (Lipinski definition) is 1. The van der Waals surface area contributed by atoms with Crippen molar-refractivity contribution in [1.29, 1.82) is 0 Å². The molecular formula is C23H25F2N7O. The Morgan fingerprint density at radius 1 is 1.00 bits per heavy atom. The molecule has 1 aromatic carbocycles. The average Bonchev–Trinajstić information content (AvgIpc) is 3.39. The molecule has 3 aliphatic rings. The maximum atomic E-state index is 13.5. The number of nitrogens with one attached hydrogen (secondary N) is 1. The van der Waals surface area contributed by atoms with Gasteiger partial charge in [-0.1, -0.05) is 0 Å². The van der Waals surface area contributed by atoms with E-state index in [0.717, 1.165) is 43.5 Å². The summed E-state index contributed by atoms with van der Waals surface area (Å²) in [5.41, 5.74) is 0.974. The van der Waals surface area contributed by atoms with E-state index in [1.807, 2.05) is 17.7 Å². The van der Waals surface area contributed by atoms with Gasteiger partial charge in [0.2, 0.25) is 5.95 Å². The highest BCUT2D eigenvalue weighted by molar-refractivity contribution is 5.41. The summed E-state index contributed by atoms with van der Waals surface area (Å²) in [6, 6.07) is 5.55. The summed E-state index contributed by atoms with van der Waals surface area (Å²) in [5, 5.41) is 8.21. The van der Waals surface area contributed by atoms with Gasteiger partial charge in [0.25, 0.3) is 0 Å². The second-order valence-corrected chi connectivity index (χ2v) is 9.21. The van der Waals surface area contributed by atoms with Gasteiger partial charge in [0, 0.05) is 62.1 Å². The van der Waals surface area contributed by atoms with E-state index >= 15 is 0 Å². The second-order valence-electron chi connectivity index (χ2n) is 9.21. The minimum Gasteiger partial charge on any atom is -0.482 e. The van der Waals surface area contributed by atoms with Crippen molar-refractivity contribution in [3.05, 3.63) is 53.7 Å². The van der Waals surface area contributed by atoms with Crippen molar-refractivity contribution in [3.8, 4) is 5.75 Å². The Bertz CT molecular complexity index is 1150. The molecule has 10 heteroatoms. The fourth-order valence-corrected chi connectivity index (χ4v) is 5.47. The van der Waals surface area contributed by atoms with Gasteiger partial charge in [0.15, 0.2) is 11.9 Å². The van der Waals surface area contributed by atoms with Crippen LogP contribution in [0.4, 0.5) is 20.5 Å². The summed E-state index contributed by atoms with van der Waals surface area (Å²) < 4.78 is 34.7. The van der Waals surface area contributed by atoms with Gasteiger partial charge < -0.3 is 15.0 Å². The third-order valence-corrected chi connectivity index (χ3v) is 6.95. The predicted octanol–water partition coefficient (Wildman–Crippen LogP) is 3.51. The molecule has 0 amide bonds. The standard InChI is InChI=1S/C23H25F2N7O/c1-13-6-20(27-12-26-13)31-10-14-2-3-15(11-31)21(14)28-23-29-22-19(4-5-32(22)30-23)33-18-8-16(24)7-17(25)9-18/h6-9,12,14-15,19,21H,2-5,10-11H2,1H3,(H,28,30)/t14-,15+,19-,21-/m1/s1. The van der Waals surface area contributed by atoms with Crippen molar-refractivity contribution < 1.29 is 13.5 Å². The molecule has 0 unspecified atom stereocenters. The summed E-state index contributed by atoms with van der Waals surface area (Å²) >= 11 is 0. The summed E-state index contributed by atoms with van der Waals surface area (Å²) in [5.74, 6) is 2.08. The Morgan fingerprint density at radius 2 is 1.76 bits per heavy atom. The molecule has 2 bridgehead atoms. The van der Waals surface area contributed by atoms with E-state index in [-0.39, 0.29) is 11.9 Å². The molecule has 33 heavy (non-hydrogen) atoms. The first-order valence-corrected chi connectivity index (χ1v) is 11.4. The number of aromatic nitrogens is 5. The van der Waals surface area contributed by atoms with Gasteiger partial charge in [0.1, 0.15) is 29.5 Å². The van der Waals surface area contributed by atoms with E-state index in [1.165, 1.54) is 12.1 Å². The predicted molar refractivity (Wildman–Crippen MR) is 117 cm³/mol. The summed E-state index contributed by atoms with van der Waals surface area (Å²) in [7, 11) is 0. The molecule has 1 saturated heterocycles. The van der Waals surface area contributed by atoms with Crippen LogP contribution in [0.5, 0.6) is 5.75 Å². The van der Waals surface area contributed by atoms with E-state index in [0.29, 0.717) is 42.6 Å². The lowest BCUT2D eigenvalue weighted by atomic mass is 9.92. The van der Waals surface area contributed by atoms with Crippen LogP contribution in [0.1, 0.15) is 36.9 Å². The highest BCUT2D eigenvalue weighted by Gasteiger charge is 2.43. The number of nitrogens with zero attached hydrogens (tertiary/aromatic N) is 6. The van der Waals surface area contributed by atoms with E-state index in [9.17, 15) is 8.78 Å². The van der Waals surface area contributed by atoms with Crippen molar-refractivity contribution in [1.82, 2.24) is 24.7 Å². The summed E-state index contributed by atoms with van der Waals surface area (Å²) in [6.45, 7) is 4.52. The highest BCUT2D eigenvalue weighted by atomic mass is 19.1. The van der Waals surface area contributed by atoms with Crippen LogP contribution in [0.25, 0.3) is 0 Å². The maximum absolute atomic E-state index is 13.5. The van der Waals surface area contributed by atoms with Crippen molar-refractivity contribution in [2.45, 2.75) is 44.9 Å². The van der Waals surface area contributed by atoms with Crippen LogP contribution in [-0.2, 0) is 6.54 Å². The van der Waals surface area contributed by atoms with Gasteiger partial charge in [0.05, 0.1) is 0 Å². The third kappa shape index (κ3) is 3.87. The molecule has 6 rings (SSSR count). The number of aryl methyl sites for hydroxylation is 2. The van der Waals surface area contributed by atoms with Crippen LogP contribution in [-0.4, -0.2) is 43.9 Å². The number of hydrogen-bond acceptors (Lipinski definition) is 7. The number of rotatable bonds is 5. The molecule has 1 aliphatic carbocycles. The Hall–Kier alpha value is -3.30. The van der Waals surface area contributed by atoms with Crippen molar-refractivity contribution in [2.24, 2.45) is 11.8 Å². The largest absolute Gasteiger partial charge is 0.482 e. The molecule has 8 nitrogen and oxygen atoms in total. The van der Waals surface area contributed by atoms with Gasteiger partial charge in [-0.15, -0.1) is 5.10 Å². The zero-order chi connectivity index (χ0) is 22.5. The topological polar surface area (TPSA) is 81.0 Å². The quantitative estimate of drug-likeness (QED) is 0.633. The molecule has 1 saturated carbocycles. The summed E-state index contributed by atoms with van der Waals surface area (Å²) in [4.78, 5) is 15.7. The first kappa shape index (κ1) is 20.3. The lowest BCUT2D eigenvalue weighted by Gasteiger charge is -2.38. The molecule has 2 aliphatic heterocycles. The van der Waals surface area contributed by atoms with Crippen LogP contribution in [0.15, 0.2) is 30.6 Å². The van der Waals surface area contributed by atoms with E-state index in [4.69, 9.17) is 4.74 Å². The Kier molecular flexibility index (Phi) is 4.88. The first-order valence-electron chi connectivity index (χ1n) is 11.4. The smallest absolute Gasteiger partial charge is 0.242 e. The van der Waals surface area contributed by atoms with E-state index in [1.54, 1.807) is 6.33 Å². The van der Waals surface area contributed by atoms with Crippen LogP contribution < -0.4 is 15.0 Å². The SMILES string of the molecule is Cc1cc(N2C[C@H]3CC[C@@H](C2)[C@@H]3Nc2nc3n(n2)CC[C@H]3Oc2cc(F)cc(F)c2)ncn1. The number of anilines is 2. The minimum absolute atomic E-state index is 0.161. The fraction of sp³-hybridized carbons (Fsp3) is 0.478. The van der Waals surface area contributed by atoms with Crippen LogP contribution >= 0.6 is 0 Å². The number of piperidine rings is 1. The van der Waals surface area contributed by atoms with Gasteiger partial charge in [-0.05, 0) is 31.6 Å². The Labute approximate surface area is 190 Å². The van der Waals surface area contributed by atoms with Crippen molar-refractivity contribution >= 4 is 11.8 Å². The van der Waals surface area contributed by atoms with Gasteiger partial charge in [-0.25, -0.2) is 23.4 Å². The third-order valence-electron chi connectivity index (χ3n) is 6.95. The molecule has 0 spiro atoms. The zero-order valence-electron chi connectivity index (χ0n) is 18.3. The average molecular weight is 453 g/mol. The number of benzene rings is 1. The highest BCUT2D eigenvalue weighted by Crippen LogP contribution is 2.40. The molecular weight excluding hydrogens is 428 g/mol. The lowest BCUT2D eigenvalue weighted by molar-refractivity contribution is 0.201. The monoisotopic (exact) mass is 453 g/mol. The minimum atomic E-state index is -0.661. The second kappa shape index (κ2) is 7.93. The van der Waals surface area contributed by atoms with Crippen LogP contribution in [0.2, 0.25) is 0 Å². The van der Waals surface area contributed by atoms with Gasteiger partial charge in [-0.2, -0.15) is 4.98 Å². The van der Waals surface area contributed by atoms with E-state index in [2.05, 4.69) is 30.3 Å². The zero-order valence-corrected chi connectivity index (χ0v) is 18.3. The Morgan fingerprint density at radius 3 is 2.48 bits per heavy atom. The first-order chi connectivity index (χ1) is 16.0. The molecule has 2 aromatic heterocycles. The Balaban J connectivity index is 1.15. The molecule has 4 heterocycles. The van der Waals surface area contributed by atoms with E-state index < -0.39 is 11.6 Å². The normalized spacial score (nSPS) is 25.8. The number of fused-ring (bicyclic) bond motifs is 3. The van der Waals surface area contributed by atoms with Gasteiger partial charge >= 0.3 is 0 Å². The van der Waals surface area contributed by atoms with Gasteiger partial charge in [-0.3, -0.25) is 0 Å². The fourth-order valence-electron chi connectivity index (χ4n) is 5.47. The maximum Gasteiger partial charge on any atom is 0.242 e. The van der Waals surface area contributed by atoms with Crippen molar-refractivity contribution in [2.75, 3.05) is 23.3 Å². The molecule has 1 N–H and O–H groups in total. The van der Waals surface area contributed by atoms with Crippen molar-refractivity contribution in [3.63, 3.8) is 0 Å². The summed E-state index contributed by atoms with van der Waals surface area (Å²) in [6.07, 6.45) is 4.23. The van der Waals surface area contributed by atoms with Crippen LogP contribution in [0.3, 0.4) is 0 Å². The molecule has 172 valence electrons.